The number of nitrogens with zero attached hydrogens (tertiary/aromatic N) is 1. The Labute approximate surface area is 164 Å². The van der Waals surface area contributed by atoms with Crippen LogP contribution in [0.5, 0.6) is 5.75 Å². The van der Waals surface area contributed by atoms with E-state index in [1.807, 2.05) is 0 Å². The monoisotopic (exact) mass is 402 g/mol. The molecule has 6 nitrogen and oxygen atoms in total. The number of halogens is 2. The first-order valence-corrected chi connectivity index (χ1v) is 8.43. The number of ether oxygens (including phenoxy) is 1. The summed E-state index contributed by atoms with van der Waals surface area (Å²) in [6.45, 7) is 0. The number of hydrogen-bond acceptors (Lipinski definition) is 5. The average molecular weight is 403 g/mol. The van der Waals surface area contributed by atoms with Crippen LogP contribution in [0.4, 0.5) is 0 Å². The standard InChI is InChI=1S/C19H12Cl2N2O4/c20-15-8-5-13(10-16(15)21)18(24)23-22-11-12-3-6-14(7-4-12)27-19(25)17-2-1-9-26-17/h1-11H,(H,23,24)/b22-11-. The van der Waals surface area contributed by atoms with Gasteiger partial charge in [-0.3, -0.25) is 4.79 Å². The molecular weight excluding hydrogens is 391 g/mol. The van der Waals surface area contributed by atoms with Crippen molar-refractivity contribution in [2.24, 2.45) is 5.10 Å². The molecule has 136 valence electrons. The Morgan fingerprint density at radius 1 is 1.04 bits per heavy atom. The Balaban J connectivity index is 1.56. The first kappa shape index (κ1) is 18.7. The van der Waals surface area contributed by atoms with Crippen molar-refractivity contribution < 1.29 is 18.7 Å². The SMILES string of the molecule is O=C(N/N=C\c1ccc(OC(=O)c2ccco2)cc1)c1ccc(Cl)c(Cl)c1. The largest absolute Gasteiger partial charge is 0.457 e. The number of amides is 1. The van der Waals surface area contributed by atoms with Crippen LogP contribution in [0.15, 0.2) is 70.4 Å². The molecule has 1 aromatic heterocycles. The van der Waals surface area contributed by atoms with E-state index >= 15 is 0 Å². The Morgan fingerprint density at radius 2 is 1.81 bits per heavy atom. The second kappa shape index (κ2) is 8.53. The highest BCUT2D eigenvalue weighted by Gasteiger charge is 2.11. The molecule has 8 heteroatoms. The van der Waals surface area contributed by atoms with Gasteiger partial charge in [-0.1, -0.05) is 23.2 Å². The fraction of sp³-hybridized carbons (Fsp3) is 0. The van der Waals surface area contributed by atoms with Gasteiger partial charge in [0.1, 0.15) is 5.75 Å². The minimum atomic E-state index is -0.588. The smallest absolute Gasteiger partial charge is 0.379 e. The number of rotatable bonds is 5. The molecule has 0 saturated heterocycles. The van der Waals surface area contributed by atoms with Crippen molar-refractivity contribution in [2.45, 2.75) is 0 Å². The molecule has 0 fully saturated rings. The van der Waals surface area contributed by atoms with E-state index in [1.165, 1.54) is 30.7 Å². The number of hydrogen-bond donors (Lipinski definition) is 1. The van der Waals surface area contributed by atoms with Crippen molar-refractivity contribution >= 4 is 41.3 Å². The fourth-order valence-corrected chi connectivity index (χ4v) is 2.34. The maximum absolute atomic E-state index is 12.0. The molecule has 1 amide bonds. The van der Waals surface area contributed by atoms with Crippen LogP contribution in [-0.2, 0) is 0 Å². The van der Waals surface area contributed by atoms with Crippen LogP contribution in [0, 0.1) is 0 Å². The summed E-state index contributed by atoms with van der Waals surface area (Å²) in [4.78, 5) is 23.8. The number of carbonyl (C=O) groups excluding carboxylic acids is 2. The molecule has 1 N–H and O–H groups in total. The molecule has 0 radical (unpaired) electrons. The van der Waals surface area contributed by atoms with E-state index in [0.717, 1.165) is 0 Å². The lowest BCUT2D eigenvalue weighted by atomic mass is 10.2. The summed E-state index contributed by atoms with van der Waals surface area (Å²) in [5.74, 6) is -0.539. The van der Waals surface area contributed by atoms with Gasteiger partial charge in [-0.2, -0.15) is 5.10 Å². The summed E-state index contributed by atoms with van der Waals surface area (Å²) in [6, 6.07) is 14.2. The Hall–Kier alpha value is -3.09. The fourth-order valence-electron chi connectivity index (χ4n) is 2.04. The van der Waals surface area contributed by atoms with Gasteiger partial charge in [0.05, 0.1) is 22.5 Å². The third-order valence-electron chi connectivity index (χ3n) is 3.37. The molecule has 2 aromatic carbocycles. The van der Waals surface area contributed by atoms with Crippen LogP contribution in [0.25, 0.3) is 0 Å². The molecule has 1 heterocycles. The lowest BCUT2D eigenvalue weighted by Gasteiger charge is -2.03. The number of benzene rings is 2. The lowest BCUT2D eigenvalue weighted by molar-refractivity contribution is 0.0701. The molecule has 0 atom stereocenters. The molecule has 0 aliphatic carbocycles. The van der Waals surface area contributed by atoms with Crippen molar-refractivity contribution in [1.82, 2.24) is 5.43 Å². The third kappa shape index (κ3) is 4.97. The van der Waals surface area contributed by atoms with E-state index < -0.39 is 11.9 Å². The van der Waals surface area contributed by atoms with Crippen LogP contribution >= 0.6 is 23.2 Å². The summed E-state index contributed by atoms with van der Waals surface area (Å²) in [5.41, 5.74) is 3.42. The topological polar surface area (TPSA) is 80.9 Å². The van der Waals surface area contributed by atoms with Gasteiger partial charge in [-0.15, -0.1) is 0 Å². The van der Waals surface area contributed by atoms with Crippen molar-refractivity contribution in [3.8, 4) is 5.75 Å². The first-order chi connectivity index (χ1) is 13.0. The molecule has 0 unspecified atom stereocenters. The van der Waals surface area contributed by atoms with E-state index in [-0.39, 0.29) is 10.8 Å². The zero-order chi connectivity index (χ0) is 19.2. The van der Waals surface area contributed by atoms with Crippen LogP contribution in [0.1, 0.15) is 26.5 Å². The highest BCUT2D eigenvalue weighted by molar-refractivity contribution is 6.42. The van der Waals surface area contributed by atoms with Gasteiger partial charge in [0.2, 0.25) is 5.76 Å². The molecule has 27 heavy (non-hydrogen) atoms. The Kier molecular flexibility index (Phi) is 5.90. The molecule has 0 bridgehead atoms. The highest BCUT2D eigenvalue weighted by Crippen LogP contribution is 2.22. The molecule has 0 saturated carbocycles. The predicted molar refractivity (Wildman–Crippen MR) is 102 cm³/mol. The van der Waals surface area contributed by atoms with Crippen molar-refractivity contribution in [3.63, 3.8) is 0 Å². The van der Waals surface area contributed by atoms with Crippen molar-refractivity contribution in [3.05, 3.63) is 87.8 Å². The van der Waals surface area contributed by atoms with Gasteiger partial charge in [0.15, 0.2) is 0 Å². The second-order valence-electron chi connectivity index (χ2n) is 5.26. The molecule has 0 aliphatic rings. The van der Waals surface area contributed by atoms with Gasteiger partial charge in [-0.05, 0) is 60.2 Å². The number of hydrazone groups is 1. The second-order valence-corrected chi connectivity index (χ2v) is 6.08. The van der Waals surface area contributed by atoms with Crippen molar-refractivity contribution in [1.29, 1.82) is 0 Å². The van der Waals surface area contributed by atoms with Crippen molar-refractivity contribution in [2.75, 3.05) is 0 Å². The van der Waals surface area contributed by atoms with E-state index in [1.54, 1.807) is 36.4 Å². The molecule has 0 aliphatic heterocycles. The first-order valence-electron chi connectivity index (χ1n) is 7.67. The highest BCUT2D eigenvalue weighted by atomic mass is 35.5. The summed E-state index contributed by atoms with van der Waals surface area (Å²) >= 11 is 11.7. The summed E-state index contributed by atoms with van der Waals surface area (Å²) in [6.07, 6.45) is 2.84. The van der Waals surface area contributed by atoms with E-state index in [9.17, 15) is 9.59 Å². The summed E-state index contributed by atoms with van der Waals surface area (Å²) in [7, 11) is 0. The maximum atomic E-state index is 12.0. The summed E-state index contributed by atoms with van der Waals surface area (Å²) < 4.78 is 10.1. The zero-order valence-electron chi connectivity index (χ0n) is 13.7. The van der Waals surface area contributed by atoms with E-state index in [4.69, 9.17) is 32.4 Å². The van der Waals surface area contributed by atoms with Crippen LogP contribution in [-0.4, -0.2) is 18.1 Å². The van der Waals surface area contributed by atoms with Gasteiger partial charge in [0.25, 0.3) is 5.91 Å². The predicted octanol–water partition coefficient (Wildman–Crippen LogP) is 4.57. The number of nitrogens with one attached hydrogen (secondary N) is 1. The van der Waals surface area contributed by atoms with Gasteiger partial charge >= 0.3 is 5.97 Å². The maximum Gasteiger partial charge on any atom is 0.379 e. The number of carbonyl (C=O) groups is 2. The third-order valence-corrected chi connectivity index (χ3v) is 4.11. The molecular formula is C19H12Cl2N2O4. The van der Waals surface area contributed by atoms with Gasteiger partial charge in [-0.25, -0.2) is 10.2 Å². The summed E-state index contributed by atoms with van der Waals surface area (Å²) in [5, 5.41) is 4.53. The Bertz CT molecular complexity index is 983. The van der Waals surface area contributed by atoms with E-state index in [2.05, 4.69) is 10.5 Å². The molecule has 3 aromatic rings. The van der Waals surface area contributed by atoms with E-state index in [0.29, 0.717) is 21.9 Å². The quantitative estimate of drug-likeness (QED) is 0.293. The minimum absolute atomic E-state index is 0.116. The lowest BCUT2D eigenvalue weighted by Crippen LogP contribution is -2.17. The van der Waals surface area contributed by atoms with Crippen LogP contribution < -0.4 is 10.2 Å². The van der Waals surface area contributed by atoms with Crippen LogP contribution in [0.2, 0.25) is 10.0 Å². The van der Waals surface area contributed by atoms with Gasteiger partial charge < -0.3 is 9.15 Å². The molecule has 3 rings (SSSR count). The Morgan fingerprint density at radius 3 is 2.48 bits per heavy atom. The van der Waals surface area contributed by atoms with Crippen LogP contribution in [0.3, 0.4) is 0 Å². The number of esters is 1. The van der Waals surface area contributed by atoms with Gasteiger partial charge in [0, 0.05) is 5.56 Å². The minimum Gasteiger partial charge on any atom is -0.457 e. The normalized spacial score (nSPS) is 10.7. The molecule has 0 spiro atoms. The zero-order valence-corrected chi connectivity index (χ0v) is 15.2. The number of furan rings is 1. The average Bonchev–Trinajstić information content (AvgIpc) is 3.20.